The van der Waals surface area contributed by atoms with Crippen LogP contribution in [0.5, 0.6) is 0 Å². The van der Waals surface area contributed by atoms with Gasteiger partial charge in [0.05, 0.1) is 23.3 Å². The van der Waals surface area contributed by atoms with Gasteiger partial charge in [-0.25, -0.2) is 4.98 Å². The first-order valence-electron chi connectivity index (χ1n) is 9.85. The van der Waals surface area contributed by atoms with E-state index in [4.69, 9.17) is 0 Å². The van der Waals surface area contributed by atoms with Gasteiger partial charge in [0, 0.05) is 37.7 Å². The molecule has 3 aliphatic rings. The van der Waals surface area contributed by atoms with Crippen LogP contribution in [-0.4, -0.2) is 62.7 Å². The number of H-pyrrole nitrogens is 1. The summed E-state index contributed by atoms with van der Waals surface area (Å²) < 4.78 is 0. The summed E-state index contributed by atoms with van der Waals surface area (Å²) in [5.74, 6) is 2.36. The predicted molar refractivity (Wildman–Crippen MR) is 102 cm³/mol. The van der Waals surface area contributed by atoms with E-state index in [1.165, 1.54) is 5.69 Å². The van der Waals surface area contributed by atoms with Crippen molar-refractivity contribution < 1.29 is 9.59 Å². The van der Waals surface area contributed by atoms with Crippen molar-refractivity contribution in [3.8, 4) is 0 Å². The number of carbonyl (C=O) groups excluding carboxylic acids is 2. The molecule has 1 aromatic heterocycles. The minimum atomic E-state index is -0.319. The topological polar surface area (TPSA) is 69.3 Å². The van der Waals surface area contributed by atoms with Crippen LogP contribution in [0, 0.1) is 5.92 Å². The van der Waals surface area contributed by atoms with Crippen molar-refractivity contribution in [2.75, 3.05) is 31.1 Å². The second-order valence-electron chi connectivity index (χ2n) is 7.71. The smallest absolute Gasteiger partial charge is 0.232 e. The molecule has 2 aliphatic heterocycles. The Morgan fingerprint density at radius 1 is 1.31 bits per heavy atom. The van der Waals surface area contributed by atoms with Gasteiger partial charge in [-0.15, -0.1) is 0 Å². The van der Waals surface area contributed by atoms with E-state index in [0.717, 1.165) is 56.5 Å². The van der Waals surface area contributed by atoms with Crippen LogP contribution in [0.2, 0.25) is 0 Å². The summed E-state index contributed by atoms with van der Waals surface area (Å²) in [7, 11) is 0. The van der Waals surface area contributed by atoms with Crippen LogP contribution in [0.1, 0.15) is 50.4 Å². The number of likely N-dealkylation sites (tertiary alicyclic amines) is 1. The highest BCUT2D eigenvalue weighted by Gasteiger charge is 2.51. The molecule has 1 spiro atoms. The standard InChI is InChI=1S/C19H28N4O2S/c1-2-11-26-12-16(24)22-9-6-19(7-10-22)17-15(20-13-21-17)5-8-23(19)18(25)14-3-4-14/h13-14H,2-12H2,1H3,(H,20,21). The first-order chi connectivity index (χ1) is 12.7. The lowest BCUT2D eigenvalue weighted by Gasteiger charge is -2.50. The lowest BCUT2D eigenvalue weighted by Crippen LogP contribution is -2.59. The Labute approximate surface area is 159 Å². The first kappa shape index (κ1) is 17.9. The number of thioether (sulfide) groups is 1. The molecule has 0 bridgehead atoms. The van der Waals surface area contributed by atoms with Crippen LogP contribution in [0.25, 0.3) is 0 Å². The fourth-order valence-electron chi connectivity index (χ4n) is 4.38. The van der Waals surface area contributed by atoms with E-state index in [9.17, 15) is 9.59 Å². The van der Waals surface area contributed by atoms with Gasteiger partial charge in [-0.2, -0.15) is 11.8 Å². The average Bonchev–Trinajstić information content (AvgIpc) is 3.39. The molecule has 0 unspecified atom stereocenters. The summed E-state index contributed by atoms with van der Waals surface area (Å²) >= 11 is 1.72. The molecular weight excluding hydrogens is 348 g/mol. The van der Waals surface area contributed by atoms with Crippen molar-refractivity contribution in [1.82, 2.24) is 19.8 Å². The molecule has 0 radical (unpaired) electrons. The lowest BCUT2D eigenvalue weighted by atomic mass is 9.78. The number of aromatic amines is 1. The number of aromatic nitrogens is 2. The van der Waals surface area contributed by atoms with E-state index in [1.54, 1.807) is 18.1 Å². The summed E-state index contributed by atoms with van der Waals surface area (Å²) in [5.41, 5.74) is 1.90. The van der Waals surface area contributed by atoms with E-state index in [-0.39, 0.29) is 17.4 Å². The Kier molecular flexibility index (Phi) is 4.99. The third-order valence-electron chi connectivity index (χ3n) is 5.97. The van der Waals surface area contributed by atoms with Gasteiger partial charge in [-0.3, -0.25) is 9.59 Å². The van der Waals surface area contributed by atoms with Gasteiger partial charge in [-0.1, -0.05) is 6.92 Å². The van der Waals surface area contributed by atoms with Crippen molar-refractivity contribution >= 4 is 23.6 Å². The maximum Gasteiger partial charge on any atom is 0.232 e. The highest BCUT2D eigenvalue weighted by atomic mass is 32.2. The molecule has 142 valence electrons. The van der Waals surface area contributed by atoms with Crippen molar-refractivity contribution in [3.63, 3.8) is 0 Å². The highest BCUT2D eigenvalue weighted by molar-refractivity contribution is 7.99. The molecular formula is C19H28N4O2S. The zero-order valence-electron chi connectivity index (χ0n) is 15.5. The summed E-state index contributed by atoms with van der Waals surface area (Å²) in [6.45, 7) is 4.33. The number of piperidine rings is 1. The average molecular weight is 377 g/mol. The molecule has 1 aromatic rings. The maximum absolute atomic E-state index is 13.0. The Balaban J connectivity index is 1.50. The number of nitrogens with one attached hydrogen (secondary N) is 1. The molecule has 4 rings (SSSR count). The second kappa shape index (κ2) is 7.25. The van der Waals surface area contributed by atoms with Gasteiger partial charge in [0.15, 0.2) is 0 Å². The third-order valence-corrected chi connectivity index (χ3v) is 7.12. The minimum absolute atomic E-state index is 0.220. The predicted octanol–water partition coefficient (Wildman–Crippen LogP) is 2.17. The van der Waals surface area contributed by atoms with Gasteiger partial charge in [0.25, 0.3) is 0 Å². The van der Waals surface area contributed by atoms with Crippen molar-refractivity contribution in [2.45, 2.75) is 51.0 Å². The highest BCUT2D eigenvalue weighted by Crippen LogP contribution is 2.45. The first-order valence-corrected chi connectivity index (χ1v) is 11.0. The molecule has 1 N–H and O–H groups in total. The molecule has 7 heteroatoms. The van der Waals surface area contributed by atoms with Gasteiger partial charge < -0.3 is 14.8 Å². The molecule has 1 saturated carbocycles. The number of carbonyl (C=O) groups is 2. The number of rotatable bonds is 5. The van der Waals surface area contributed by atoms with E-state index in [2.05, 4.69) is 21.8 Å². The quantitative estimate of drug-likeness (QED) is 0.800. The van der Waals surface area contributed by atoms with Crippen molar-refractivity contribution in [1.29, 1.82) is 0 Å². The van der Waals surface area contributed by atoms with Gasteiger partial charge >= 0.3 is 0 Å². The van der Waals surface area contributed by atoms with Gasteiger partial charge in [0.2, 0.25) is 11.8 Å². The number of fused-ring (bicyclic) bond motifs is 2. The molecule has 1 aliphatic carbocycles. The number of hydrogen-bond acceptors (Lipinski definition) is 4. The van der Waals surface area contributed by atoms with Crippen LogP contribution in [-0.2, 0) is 21.5 Å². The Morgan fingerprint density at radius 2 is 2.08 bits per heavy atom. The SMILES string of the molecule is CCCSCC(=O)N1CCC2(CC1)c1nc[nH]c1CCN2C(=O)C1CC1. The van der Waals surface area contributed by atoms with E-state index < -0.39 is 0 Å². The molecule has 26 heavy (non-hydrogen) atoms. The van der Waals surface area contributed by atoms with Crippen molar-refractivity contribution in [2.24, 2.45) is 5.92 Å². The molecule has 6 nitrogen and oxygen atoms in total. The van der Waals surface area contributed by atoms with E-state index in [1.807, 2.05) is 4.90 Å². The summed E-state index contributed by atoms with van der Waals surface area (Å²) in [5, 5.41) is 0. The minimum Gasteiger partial charge on any atom is -0.348 e. The largest absolute Gasteiger partial charge is 0.348 e. The number of imidazole rings is 1. The number of amides is 2. The van der Waals surface area contributed by atoms with Gasteiger partial charge in [0.1, 0.15) is 0 Å². The number of nitrogens with zero attached hydrogens (tertiary/aromatic N) is 3. The lowest BCUT2D eigenvalue weighted by molar-refractivity contribution is -0.145. The summed E-state index contributed by atoms with van der Waals surface area (Å²) in [6, 6.07) is 0. The summed E-state index contributed by atoms with van der Waals surface area (Å²) in [6.07, 6.45) is 7.36. The Bertz CT molecular complexity index is 677. The maximum atomic E-state index is 13.0. The normalized spacial score (nSPS) is 21.7. The second-order valence-corrected chi connectivity index (χ2v) is 8.81. The monoisotopic (exact) mass is 376 g/mol. The zero-order chi connectivity index (χ0) is 18.1. The van der Waals surface area contributed by atoms with E-state index in [0.29, 0.717) is 24.7 Å². The molecule has 0 atom stereocenters. The van der Waals surface area contributed by atoms with Crippen LogP contribution < -0.4 is 0 Å². The molecule has 2 fully saturated rings. The number of hydrogen-bond donors (Lipinski definition) is 1. The van der Waals surface area contributed by atoms with Crippen LogP contribution in [0.3, 0.4) is 0 Å². The summed E-state index contributed by atoms with van der Waals surface area (Å²) in [4.78, 5) is 37.4. The third kappa shape index (κ3) is 3.15. The molecule has 1 saturated heterocycles. The Morgan fingerprint density at radius 3 is 2.77 bits per heavy atom. The fraction of sp³-hybridized carbons (Fsp3) is 0.737. The van der Waals surface area contributed by atoms with E-state index >= 15 is 0 Å². The van der Waals surface area contributed by atoms with Gasteiger partial charge in [-0.05, 0) is 37.9 Å². The molecule has 3 heterocycles. The Hall–Kier alpha value is -1.50. The zero-order valence-corrected chi connectivity index (χ0v) is 16.3. The fourth-order valence-corrected chi connectivity index (χ4v) is 5.17. The van der Waals surface area contributed by atoms with Crippen molar-refractivity contribution in [3.05, 3.63) is 17.7 Å². The van der Waals surface area contributed by atoms with Crippen LogP contribution >= 0.6 is 11.8 Å². The molecule has 2 amide bonds. The van der Waals surface area contributed by atoms with Crippen LogP contribution in [0.4, 0.5) is 0 Å². The van der Waals surface area contributed by atoms with Crippen LogP contribution in [0.15, 0.2) is 6.33 Å². The molecule has 0 aromatic carbocycles.